The fourth-order valence-corrected chi connectivity index (χ4v) is 5.69. The maximum atomic E-state index is 13.2. The zero-order valence-corrected chi connectivity index (χ0v) is 19.1. The van der Waals surface area contributed by atoms with Crippen LogP contribution in [0.5, 0.6) is 0 Å². The number of hydrogen-bond donors (Lipinski definition) is 1. The number of piperidine rings is 1. The standard InChI is InChI=1S/C22H25F3N4O4S/c23-22(24,25)17-3-1-4-18(15-17)27-21(30)16-6-9-28(10-7-16)20-19(5-2-8-26-20)34(31,32)29-11-13-33-14-12-29/h1-5,8,15-16H,6-7,9-14H2,(H,27,30). The number of benzene rings is 1. The summed E-state index contributed by atoms with van der Waals surface area (Å²) in [6, 6.07) is 7.62. The molecule has 4 rings (SSSR count). The van der Waals surface area contributed by atoms with E-state index in [0.29, 0.717) is 45.0 Å². The number of carbonyl (C=O) groups is 1. The van der Waals surface area contributed by atoms with Crippen LogP contribution in [-0.4, -0.2) is 63.0 Å². The van der Waals surface area contributed by atoms with E-state index in [1.54, 1.807) is 6.07 Å². The van der Waals surface area contributed by atoms with Crippen LogP contribution in [0.15, 0.2) is 47.5 Å². The molecule has 3 heterocycles. The Bertz CT molecular complexity index is 1130. The van der Waals surface area contributed by atoms with Crippen LogP contribution >= 0.6 is 0 Å². The quantitative estimate of drug-likeness (QED) is 0.682. The second-order valence-corrected chi connectivity index (χ2v) is 10.1. The van der Waals surface area contributed by atoms with E-state index in [-0.39, 0.29) is 29.6 Å². The summed E-state index contributed by atoms with van der Waals surface area (Å²) in [6.45, 7) is 2.00. The largest absolute Gasteiger partial charge is 0.416 e. The molecule has 184 valence electrons. The molecule has 2 aromatic rings. The molecule has 8 nitrogen and oxygen atoms in total. The highest BCUT2D eigenvalue weighted by Crippen LogP contribution is 2.32. The number of aromatic nitrogens is 1. The molecular formula is C22H25F3N4O4S. The Balaban J connectivity index is 1.42. The topological polar surface area (TPSA) is 91.8 Å². The molecule has 0 aliphatic carbocycles. The first kappa shape index (κ1) is 24.4. The number of rotatable bonds is 5. The molecule has 1 aromatic carbocycles. The van der Waals surface area contributed by atoms with E-state index in [0.717, 1.165) is 12.1 Å². The van der Waals surface area contributed by atoms with E-state index in [1.165, 1.54) is 28.7 Å². The Kier molecular flexibility index (Phi) is 7.10. The van der Waals surface area contributed by atoms with Crippen LogP contribution in [0.4, 0.5) is 24.7 Å². The SMILES string of the molecule is O=C(Nc1cccc(C(F)(F)F)c1)C1CCN(c2ncccc2S(=O)(=O)N2CCOCC2)CC1. The molecule has 0 radical (unpaired) electrons. The molecule has 0 bridgehead atoms. The zero-order valence-electron chi connectivity index (χ0n) is 18.3. The van der Waals surface area contributed by atoms with Crippen LogP contribution in [0.3, 0.4) is 0 Å². The second kappa shape index (κ2) is 9.88. The first-order chi connectivity index (χ1) is 16.2. The minimum Gasteiger partial charge on any atom is -0.379 e. The Morgan fingerprint density at radius 2 is 1.76 bits per heavy atom. The summed E-state index contributed by atoms with van der Waals surface area (Å²) >= 11 is 0. The molecule has 1 amide bonds. The number of sulfonamides is 1. The lowest BCUT2D eigenvalue weighted by Crippen LogP contribution is -2.42. The number of halogens is 3. The smallest absolute Gasteiger partial charge is 0.379 e. The van der Waals surface area contributed by atoms with Crippen LogP contribution in [0, 0.1) is 5.92 Å². The van der Waals surface area contributed by atoms with Gasteiger partial charge in [-0.05, 0) is 43.2 Å². The number of morpholine rings is 1. The third kappa shape index (κ3) is 5.34. The fraction of sp³-hybridized carbons (Fsp3) is 0.455. The molecule has 0 unspecified atom stereocenters. The molecule has 2 aliphatic rings. The van der Waals surface area contributed by atoms with Crippen molar-refractivity contribution in [2.45, 2.75) is 23.9 Å². The highest BCUT2D eigenvalue weighted by Gasteiger charge is 2.34. The van der Waals surface area contributed by atoms with Crippen molar-refractivity contribution in [1.29, 1.82) is 0 Å². The highest BCUT2D eigenvalue weighted by atomic mass is 32.2. The Morgan fingerprint density at radius 3 is 2.44 bits per heavy atom. The lowest BCUT2D eigenvalue weighted by Gasteiger charge is -2.34. The molecule has 2 saturated heterocycles. The van der Waals surface area contributed by atoms with Gasteiger partial charge < -0.3 is 15.0 Å². The summed E-state index contributed by atoms with van der Waals surface area (Å²) in [5, 5.41) is 2.57. The van der Waals surface area contributed by atoms with Crippen molar-refractivity contribution in [3.8, 4) is 0 Å². The summed E-state index contributed by atoms with van der Waals surface area (Å²) in [4.78, 5) is 18.9. The number of carbonyl (C=O) groups excluding carboxylic acids is 1. The fourth-order valence-electron chi connectivity index (χ4n) is 4.12. The first-order valence-electron chi connectivity index (χ1n) is 10.9. The van der Waals surface area contributed by atoms with Gasteiger partial charge in [0.05, 0.1) is 18.8 Å². The van der Waals surface area contributed by atoms with E-state index >= 15 is 0 Å². The average molecular weight is 499 g/mol. The number of anilines is 2. The van der Waals surface area contributed by atoms with Crippen molar-refractivity contribution in [2.24, 2.45) is 5.92 Å². The van der Waals surface area contributed by atoms with Crippen LogP contribution < -0.4 is 10.2 Å². The lowest BCUT2D eigenvalue weighted by molar-refractivity contribution is -0.137. The number of alkyl halides is 3. The number of nitrogens with one attached hydrogen (secondary N) is 1. The van der Waals surface area contributed by atoms with Gasteiger partial charge in [-0.3, -0.25) is 4.79 Å². The Morgan fingerprint density at radius 1 is 1.06 bits per heavy atom. The monoisotopic (exact) mass is 498 g/mol. The highest BCUT2D eigenvalue weighted by molar-refractivity contribution is 7.89. The zero-order chi connectivity index (χ0) is 24.3. The van der Waals surface area contributed by atoms with Gasteiger partial charge in [-0.15, -0.1) is 0 Å². The molecule has 1 N–H and O–H groups in total. The predicted molar refractivity (Wildman–Crippen MR) is 119 cm³/mol. The third-order valence-corrected chi connectivity index (χ3v) is 7.88. The molecule has 2 fully saturated rings. The average Bonchev–Trinajstić information content (AvgIpc) is 2.84. The minimum absolute atomic E-state index is 0.0888. The maximum Gasteiger partial charge on any atom is 0.416 e. The summed E-state index contributed by atoms with van der Waals surface area (Å²) < 4.78 is 71.8. The maximum absolute atomic E-state index is 13.2. The number of ether oxygens (including phenoxy) is 1. The number of pyridine rings is 1. The first-order valence-corrected chi connectivity index (χ1v) is 12.4. The summed E-state index contributed by atoms with van der Waals surface area (Å²) in [6.07, 6.45) is -2.13. The van der Waals surface area contributed by atoms with Gasteiger partial charge in [-0.2, -0.15) is 17.5 Å². The number of hydrogen-bond acceptors (Lipinski definition) is 6. The van der Waals surface area contributed by atoms with Gasteiger partial charge in [-0.25, -0.2) is 13.4 Å². The van der Waals surface area contributed by atoms with E-state index in [1.807, 2.05) is 4.90 Å². The van der Waals surface area contributed by atoms with Gasteiger partial charge in [-0.1, -0.05) is 6.07 Å². The summed E-state index contributed by atoms with van der Waals surface area (Å²) in [5.74, 6) is -0.430. The molecule has 0 spiro atoms. The summed E-state index contributed by atoms with van der Waals surface area (Å²) in [5.41, 5.74) is -0.741. The van der Waals surface area contributed by atoms with Gasteiger partial charge in [0.15, 0.2) is 0 Å². The van der Waals surface area contributed by atoms with Crippen LogP contribution in [0.1, 0.15) is 18.4 Å². The molecule has 2 aliphatic heterocycles. The van der Waals surface area contributed by atoms with Crippen LogP contribution in [0.2, 0.25) is 0 Å². The molecular weight excluding hydrogens is 473 g/mol. The van der Waals surface area contributed by atoms with Gasteiger partial charge in [0.25, 0.3) is 0 Å². The molecule has 0 atom stereocenters. The summed E-state index contributed by atoms with van der Waals surface area (Å²) in [7, 11) is -3.75. The number of nitrogens with zero attached hydrogens (tertiary/aromatic N) is 3. The third-order valence-electron chi connectivity index (χ3n) is 5.96. The lowest BCUT2D eigenvalue weighted by atomic mass is 9.95. The van der Waals surface area contributed by atoms with E-state index in [4.69, 9.17) is 4.74 Å². The van der Waals surface area contributed by atoms with Gasteiger partial charge >= 0.3 is 6.18 Å². The number of amides is 1. The van der Waals surface area contributed by atoms with Crippen molar-refractivity contribution in [2.75, 3.05) is 49.6 Å². The second-order valence-electron chi connectivity index (χ2n) is 8.17. The van der Waals surface area contributed by atoms with Crippen molar-refractivity contribution in [3.63, 3.8) is 0 Å². The van der Waals surface area contributed by atoms with E-state index < -0.39 is 27.7 Å². The normalized spacial score (nSPS) is 18.6. The van der Waals surface area contributed by atoms with Crippen molar-refractivity contribution < 1.29 is 31.1 Å². The minimum atomic E-state index is -4.49. The molecule has 1 aromatic heterocycles. The molecule has 0 saturated carbocycles. The van der Waals surface area contributed by atoms with E-state index in [9.17, 15) is 26.4 Å². The molecule has 12 heteroatoms. The van der Waals surface area contributed by atoms with Crippen molar-refractivity contribution in [1.82, 2.24) is 9.29 Å². The van der Waals surface area contributed by atoms with Crippen molar-refractivity contribution >= 4 is 27.4 Å². The van der Waals surface area contributed by atoms with Crippen LogP contribution in [0.25, 0.3) is 0 Å². The van der Waals surface area contributed by atoms with Gasteiger partial charge in [0.1, 0.15) is 10.7 Å². The van der Waals surface area contributed by atoms with Gasteiger partial charge in [0.2, 0.25) is 15.9 Å². The molecule has 34 heavy (non-hydrogen) atoms. The Hall–Kier alpha value is -2.70. The van der Waals surface area contributed by atoms with E-state index in [2.05, 4.69) is 10.3 Å². The Labute approximate surface area is 195 Å². The van der Waals surface area contributed by atoms with Crippen molar-refractivity contribution in [3.05, 3.63) is 48.2 Å². The predicted octanol–water partition coefficient (Wildman–Crippen LogP) is 2.98. The van der Waals surface area contributed by atoms with Gasteiger partial charge in [0, 0.05) is 44.0 Å². The van der Waals surface area contributed by atoms with Crippen LogP contribution in [-0.2, 0) is 25.7 Å².